The van der Waals surface area contributed by atoms with Gasteiger partial charge in [0, 0.05) is 22.7 Å². The molecule has 0 aliphatic heterocycles. The van der Waals surface area contributed by atoms with Crippen molar-refractivity contribution in [3.05, 3.63) is 78.0 Å². The number of nitrogens with zero attached hydrogens (tertiary/aromatic N) is 1. The molecule has 2 heteroatoms. The minimum absolute atomic E-state index is 0.181. The predicted octanol–water partition coefficient (Wildman–Crippen LogP) is 3.47. The Hall–Kier alpha value is -2.92. The lowest BCUT2D eigenvalue weighted by Gasteiger charge is -1.98. The Balaban J connectivity index is 1.91. The van der Waals surface area contributed by atoms with Gasteiger partial charge in [0.2, 0.25) is 5.78 Å². The molecule has 2 aromatic carbocycles. The largest absolute Gasteiger partial charge is 0.279 e. The van der Waals surface area contributed by atoms with Crippen LogP contribution >= 0.6 is 0 Å². The van der Waals surface area contributed by atoms with Crippen LogP contribution in [0.2, 0.25) is 0 Å². The van der Waals surface area contributed by atoms with Gasteiger partial charge >= 0.3 is 0 Å². The normalized spacial score (nSPS) is 9.80. The molecule has 0 amide bonds. The molecule has 20 heavy (non-hydrogen) atoms. The summed E-state index contributed by atoms with van der Waals surface area (Å²) in [4.78, 5) is 16.3. The third kappa shape index (κ3) is 2.57. The van der Waals surface area contributed by atoms with Crippen LogP contribution in [0.25, 0.3) is 10.9 Å². The van der Waals surface area contributed by atoms with E-state index in [0.29, 0.717) is 5.56 Å². The predicted molar refractivity (Wildman–Crippen MR) is 79.4 cm³/mol. The van der Waals surface area contributed by atoms with Gasteiger partial charge in [0.05, 0.1) is 5.52 Å². The Kier molecular flexibility index (Phi) is 3.26. The van der Waals surface area contributed by atoms with Crippen molar-refractivity contribution in [2.24, 2.45) is 0 Å². The highest BCUT2D eigenvalue weighted by atomic mass is 16.1. The zero-order valence-electron chi connectivity index (χ0n) is 10.7. The monoisotopic (exact) mass is 257 g/mol. The minimum atomic E-state index is -0.181. The number of aromatic nitrogens is 1. The molecule has 0 saturated carbocycles. The molecule has 0 aliphatic rings. The molecule has 2 nitrogen and oxygen atoms in total. The van der Waals surface area contributed by atoms with Crippen molar-refractivity contribution in [2.75, 3.05) is 0 Å². The van der Waals surface area contributed by atoms with Crippen molar-refractivity contribution in [3.63, 3.8) is 0 Å². The fraction of sp³-hybridized carbons (Fsp3) is 0. The van der Waals surface area contributed by atoms with Gasteiger partial charge in [0.1, 0.15) is 0 Å². The summed E-state index contributed by atoms with van der Waals surface area (Å²) in [6, 6.07) is 18.7. The van der Waals surface area contributed by atoms with Gasteiger partial charge in [-0.15, -0.1) is 0 Å². The molecule has 0 spiro atoms. The standard InChI is InChI=1S/C18H11NO/c20-18(11-8-14-5-2-1-3-6-14)16-9-10-17-15(13-16)7-4-12-19-17/h1-7,9-10,12-13H. The van der Waals surface area contributed by atoms with E-state index in [-0.39, 0.29) is 5.78 Å². The van der Waals surface area contributed by atoms with Crippen molar-refractivity contribution in [1.29, 1.82) is 0 Å². The molecule has 0 radical (unpaired) electrons. The Morgan fingerprint density at radius 2 is 1.80 bits per heavy atom. The minimum Gasteiger partial charge on any atom is -0.279 e. The lowest BCUT2D eigenvalue weighted by Crippen LogP contribution is -1.95. The lowest BCUT2D eigenvalue weighted by atomic mass is 10.1. The molecule has 0 N–H and O–H groups in total. The topological polar surface area (TPSA) is 30.0 Å². The summed E-state index contributed by atoms with van der Waals surface area (Å²) in [5.41, 5.74) is 2.30. The van der Waals surface area contributed by atoms with Crippen LogP contribution in [0.1, 0.15) is 15.9 Å². The maximum absolute atomic E-state index is 12.1. The quantitative estimate of drug-likeness (QED) is 0.493. The van der Waals surface area contributed by atoms with Crippen molar-refractivity contribution < 1.29 is 4.79 Å². The third-order valence-electron chi connectivity index (χ3n) is 2.96. The molecule has 0 bridgehead atoms. The van der Waals surface area contributed by atoms with E-state index in [1.807, 2.05) is 54.6 Å². The van der Waals surface area contributed by atoms with Crippen LogP contribution in [0.5, 0.6) is 0 Å². The van der Waals surface area contributed by atoms with E-state index < -0.39 is 0 Å². The van der Waals surface area contributed by atoms with Crippen molar-refractivity contribution in [2.45, 2.75) is 0 Å². The number of hydrogen-bond acceptors (Lipinski definition) is 2. The van der Waals surface area contributed by atoms with Gasteiger partial charge in [-0.25, -0.2) is 0 Å². The summed E-state index contributed by atoms with van der Waals surface area (Å²) in [7, 11) is 0. The molecule has 3 rings (SSSR count). The number of benzene rings is 2. The Bertz CT molecular complexity index is 826. The Morgan fingerprint density at radius 3 is 2.65 bits per heavy atom. The molecule has 0 aliphatic carbocycles. The highest BCUT2D eigenvalue weighted by molar-refractivity contribution is 6.10. The van der Waals surface area contributed by atoms with Gasteiger partial charge in [-0.05, 0) is 42.3 Å². The summed E-state index contributed by atoms with van der Waals surface area (Å²) in [6.45, 7) is 0. The first-order valence-electron chi connectivity index (χ1n) is 6.29. The zero-order valence-corrected chi connectivity index (χ0v) is 10.7. The van der Waals surface area contributed by atoms with Crippen LogP contribution in [0.4, 0.5) is 0 Å². The van der Waals surface area contributed by atoms with Gasteiger partial charge in [0.25, 0.3) is 0 Å². The molecule has 0 atom stereocenters. The smallest absolute Gasteiger partial charge is 0.236 e. The summed E-state index contributed by atoms with van der Waals surface area (Å²) in [5.74, 6) is 5.37. The van der Waals surface area contributed by atoms with Crippen molar-refractivity contribution in [3.8, 4) is 11.8 Å². The van der Waals surface area contributed by atoms with Crippen LogP contribution in [0, 0.1) is 11.8 Å². The lowest BCUT2D eigenvalue weighted by molar-refractivity contribution is 0.105. The first-order chi connectivity index (χ1) is 9.83. The molecule has 1 aromatic heterocycles. The average Bonchev–Trinajstić information content (AvgIpc) is 2.53. The summed E-state index contributed by atoms with van der Waals surface area (Å²) in [6.07, 6.45) is 1.74. The van der Waals surface area contributed by atoms with E-state index in [4.69, 9.17) is 0 Å². The molecule has 0 fully saturated rings. The van der Waals surface area contributed by atoms with Crippen LogP contribution in [0.3, 0.4) is 0 Å². The second-order valence-corrected chi connectivity index (χ2v) is 4.36. The number of rotatable bonds is 1. The number of pyridine rings is 1. The number of carbonyl (C=O) groups excluding carboxylic acids is 1. The number of fused-ring (bicyclic) bond motifs is 1. The van der Waals surface area contributed by atoms with E-state index in [0.717, 1.165) is 16.5 Å². The summed E-state index contributed by atoms with van der Waals surface area (Å²) >= 11 is 0. The molecule has 94 valence electrons. The van der Waals surface area contributed by atoms with E-state index in [9.17, 15) is 4.79 Å². The summed E-state index contributed by atoms with van der Waals surface area (Å²) in [5, 5.41) is 0.944. The average molecular weight is 257 g/mol. The fourth-order valence-electron chi connectivity index (χ4n) is 1.94. The molecule has 0 saturated heterocycles. The van der Waals surface area contributed by atoms with Crippen LogP contribution < -0.4 is 0 Å². The fourth-order valence-corrected chi connectivity index (χ4v) is 1.94. The van der Waals surface area contributed by atoms with Gasteiger partial charge < -0.3 is 0 Å². The third-order valence-corrected chi connectivity index (χ3v) is 2.96. The second-order valence-electron chi connectivity index (χ2n) is 4.36. The number of hydrogen-bond donors (Lipinski definition) is 0. The SMILES string of the molecule is O=C(C#Cc1ccccc1)c1ccc2ncccc2c1. The first kappa shape index (κ1) is 12.1. The maximum Gasteiger partial charge on any atom is 0.236 e. The van der Waals surface area contributed by atoms with Crippen molar-refractivity contribution in [1.82, 2.24) is 4.98 Å². The van der Waals surface area contributed by atoms with Crippen molar-refractivity contribution >= 4 is 16.7 Å². The van der Waals surface area contributed by atoms with Crippen LogP contribution in [0.15, 0.2) is 66.9 Å². The highest BCUT2D eigenvalue weighted by Crippen LogP contribution is 2.13. The number of Topliss-reactive ketones (excluding diaryl/α,β-unsaturated/α-hetero) is 1. The Labute approximate surface area is 117 Å². The number of carbonyl (C=O) groups is 1. The molecular formula is C18H11NO. The zero-order chi connectivity index (χ0) is 13.8. The maximum atomic E-state index is 12.1. The van der Waals surface area contributed by atoms with Gasteiger partial charge in [-0.2, -0.15) is 0 Å². The van der Waals surface area contributed by atoms with Crippen LogP contribution in [-0.4, -0.2) is 10.8 Å². The molecule has 0 unspecified atom stereocenters. The second kappa shape index (κ2) is 5.38. The Morgan fingerprint density at radius 1 is 0.950 bits per heavy atom. The highest BCUT2D eigenvalue weighted by Gasteiger charge is 2.03. The molecule has 3 aromatic rings. The number of ketones is 1. The van der Waals surface area contributed by atoms with E-state index in [1.165, 1.54) is 0 Å². The van der Waals surface area contributed by atoms with Crippen LogP contribution in [-0.2, 0) is 0 Å². The molecular weight excluding hydrogens is 246 g/mol. The van der Waals surface area contributed by atoms with Gasteiger partial charge in [-0.3, -0.25) is 9.78 Å². The van der Waals surface area contributed by atoms with Gasteiger partial charge in [0.15, 0.2) is 0 Å². The first-order valence-corrected chi connectivity index (χ1v) is 6.29. The van der Waals surface area contributed by atoms with E-state index in [2.05, 4.69) is 16.8 Å². The van der Waals surface area contributed by atoms with E-state index >= 15 is 0 Å². The van der Waals surface area contributed by atoms with E-state index in [1.54, 1.807) is 12.3 Å². The summed E-state index contributed by atoms with van der Waals surface area (Å²) < 4.78 is 0. The molecule has 1 heterocycles. The van der Waals surface area contributed by atoms with Gasteiger partial charge in [-0.1, -0.05) is 30.2 Å².